The first kappa shape index (κ1) is 14.6. The van der Waals surface area contributed by atoms with Gasteiger partial charge >= 0.3 is 0 Å². The molecule has 2 N–H and O–H groups in total. The highest BCUT2D eigenvalue weighted by Gasteiger charge is 2.17. The number of aryl methyl sites for hydroxylation is 1. The van der Waals surface area contributed by atoms with Crippen molar-refractivity contribution < 1.29 is 14.3 Å². The molecular formula is C14H14ClFN2O2. The molecule has 0 aliphatic heterocycles. The number of benzene rings is 1. The van der Waals surface area contributed by atoms with Gasteiger partial charge in [-0.2, -0.15) is 0 Å². The molecule has 0 bridgehead atoms. The van der Waals surface area contributed by atoms with E-state index in [0.717, 1.165) is 6.07 Å². The highest BCUT2D eigenvalue weighted by Crippen LogP contribution is 2.19. The van der Waals surface area contributed by atoms with Crippen LogP contribution >= 0.6 is 11.6 Å². The summed E-state index contributed by atoms with van der Waals surface area (Å²) < 4.78 is 15.3. The number of amides is 1. The first-order valence-corrected chi connectivity index (χ1v) is 6.40. The Morgan fingerprint density at radius 1 is 1.45 bits per heavy atom. The molecule has 0 fully saturated rings. The fourth-order valence-corrected chi connectivity index (χ4v) is 2.17. The lowest BCUT2D eigenvalue weighted by atomic mass is 10.2. The molecule has 1 heterocycles. The fraction of sp³-hybridized carbons (Fsp3) is 0.214. The standard InChI is InChI=1S/C14H14ClFN2O2/c1-18-7-3-6-11(18)12(19)8-17-14(20)13-9(15)4-2-5-10(13)16/h2-7,12,19H,8H2,1H3,(H,17,20)/t12-/m1/s1. The fourth-order valence-electron chi connectivity index (χ4n) is 1.92. The number of aliphatic hydroxyl groups excluding tert-OH is 1. The van der Waals surface area contributed by atoms with E-state index in [1.54, 1.807) is 29.9 Å². The van der Waals surface area contributed by atoms with Gasteiger partial charge < -0.3 is 15.0 Å². The van der Waals surface area contributed by atoms with E-state index in [0.29, 0.717) is 5.69 Å². The summed E-state index contributed by atoms with van der Waals surface area (Å²) in [6.07, 6.45) is 0.915. The van der Waals surface area contributed by atoms with Gasteiger partial charge in [-0.25, -0.2) is 4.39 Å². The van der Waals surface area contributed by atoms with Crippen LogP contribution in [0.4, 0.5) is 4.39 Å². The van der Waals surface area contributed by atoms with Gasteiger partial charge in [0, 0.05) is 25.5 Å². The first-order chi connectivity index (χ1) is 9.50. The van der Waals surface area contributed by atoms with Crippen LogP contribution in [0.25, 0.3) is 0 Å². The molecule has 2 rings (SSSR count). The number of carbonyl (C=O) groups is 1. The molecule has 0 radical (unpaired) electrons. The quantitative estimate of drug-likeness (QED) is 0.909. The Morgan fingerprint density at radius 3 is 2.80 bits per heavy atom. The SMILES string of the molecule is Cn1cccc1[C@H](O)CNC(=O)c1c(F)cccc1Cl. The highest BCUT2D eigenvalue weighted by molar-refractivity contribution is 6.33. The lowest BCUT2D eigenvalue weighted by Gasteiger charge is -2.13. The first-order valence-electron chi connectivity index (χ1n) is 6.02. The zero-order chi connectivity index (χ0) is 14.7. The number of halogens is 2. The van der Waals surface area contributed by atoms with Gasteiger partial charge in [-0.15, -0.1) is 0 Å². The van der Waals surface area contributed by atoms with Crippen molar-refractivity contribution in [3.05, 3.63) is 58.6 Å². The van der Waals surface area contributed by atoms with Crippen LogP contribution in [0.15, 0.2) is 36.5 Å². The molecule has 0 spiro atoms. The minimum atomic E-state index is -0.871. The number of nitrogens with zero attached hydrogens (tertiary/aromatic N) is 1. The van der Waals surface area contributed by atoms with Crippen molar-refractivity contribution in [2.24, 2.45) is 7.05 Å². The molecule has 4 nitrogen and oxygen atoms in total. The van der Waals surface area contributed by atoms with Crippen molar-refractivity contribution in [2.45, 2.75) is 6.10 Å². The van der Waals surface area contributed by atoms with Crippen LogP contribution in [-0.4, -0.2) is 22.1 Å². The molecule has 1 aromatic heterocycles. The van der Waals surface area contributed by atoms with Crippen LogP contribution < -0.4 is 5.32 Å². The van der Waals surface area contributed by atoms with Gasteiger partial charge in [0.15, 0.2) is 0 Å². The molecular weight excluding hydrogens is 283 g/mol. The van der Waals surface area contributed by atoms with E-state index >= 15 is 0 Å². The van der Waals surface area contributed by atoms with Gasteiger partial charge in [-0.05, 0) is 24.3 Å². The topological polar surface area (TPSA) is 54.3 Å². The molecule has 0 unspecified atom stereocenters. The number of aliphatic hydroxyl groups is 1. The minimum absolute atomic E-state index is 0.0264. The molecule has 106 valence electrons. The van der Waals surface area contributed by atoms with Crippen molar-refractivity contribution in [1.29, 1.82) is 0 Å². The zero-order valence-electron chi connectivity index (χ0n) is 10.8. The lowest BCUT2D eigenvalue weighted by Crippen LogP contribution is -2.29. The number of aromatic nitrogens is 1. The van der Waals surface area contributed by atoms with Crippen LogP contribution in [0.3, 0.4) is 0 Å². The van der Waals surface area contributed by atoms with Gasteiger partial charge in [-0.3, -0.25) is 4.79 Å². The maximum absolute atomic E-state index is 13.6. The van der Waals surface area contributed by atoms with Crippen molar-refractivity contribution in [1.82, 2.24) is 9.88 Å². The van der Waals surface area contributed by atoms with E-state index in [9.17, 15) is 14.3 Å². The Hall–Kier alpha value is -1.85. The predicted molar refractivity (Wildman–Crippen MR) is 74.1 cm³/mol. The smallest absolute Gasteiger partial charge is 0.255 e. The number of carbonyl (C=O) groups excluding carboxylic acids is 1. The van der Waals surface area contributed by atoms with Gasteiger partial charge in [-0.1, -0.05) is 17.7 Å². The van der Waals surface area contributed by atoms with Crippen molar-refractivity contribution in [3.8, 4) is 0 Å². The summed E-state index contributed by atoms with van der Waals surface area (Å²) in [5.41, 5.74) is 0.443. The summed E-state index contributed by atoms with van der Waals surface area (Å²) >= 11 is 5.80. The van der Waals surface area contributed by atoms with Crippen LogP contribution in [0, 0.1) is 5.82 Å². The molecule has 2 aromatic rings. The molecule has 1 amide bonds. The second kappa shape index (κ2) is 6.07. The summed E-state index contributed by atoms with van der Waals surface area (Å²) in [5.74, 6) is -1.34. The minimum Gasteiger partial charge on any atom is -0.385 e. The maximum atomic E-state index is 13.6. The Morgan fingerprint density at radius 2 is 2.20 bits per heavy atom. The van der Waals surface area contributed by atoms with E-state index in [-0.39, 0.29) is 17.1 Å². The van der Waals surface area contributed by atoms with Crippen molar-refractivity contribution in [3.63, 3.8) is 0 Å². The molecule has 0 saturated carbocycles. The van der Waals surface area contributed by atoms with Crippen molar-refractivity contribution >= 4 is 17.5 Å². The largest absolute Gasteiger partial charge is 0.385 e. The average molecular weight is 297 g/mol. The van der Waals surface area contributed by atoms with Crippen LogP contribution in [0.1, 0.15) is 22.2 Å². The zero-order valence-corrected chi connectivity index (χ0v) is 11.6. The second-order valence-corrected chi connectivity index (χ2v) is 4.77. The normalized spacial score (nSPS) is 12.2. The number of hydrogen-bond acceptors (Lipinski definition) is 2. The highest BCUT2D eigenvalue weighted by atomic mass is 35.5. The molecule has 0 aliphatic rings. The summed E-state index contributed by atoms with van der Waals surface area (Å²) in [5, 5.41) is 12.5. The van der Waals surface area contributed by atoms with E-state index in [1.807, 2.05) is 0 Å². The average Bonchev–Trinajstić information content (AvgIpc) is 2.82. The molecule has 6 heteroatoms. The third kappa shape index (κ3) is 3.00. The second-order valence-electron chi connectivity index (χ2n) is 4.37. The summed E-state index contributed by atoms with van der Waals surface area (Å²) in [7, 11) is 1.79. The molecule has 20 heavy (non-hydrogen) atoms. The van der Waals surface area contributed by atoms with Gasteiger partial charge in [0.1, 0.15) is 11.9 Å². The van der Waals surface area contributed by atoms with Crippen LogP contribution in [0.2, 0.25) is 5.02 Å². The van der Waals surface area contributed by atoms with Gasteiger partial charge in [0.2, 0.25) is 0 Å². The molecule has 0 saturated heterocycles. The Labute approximate surface area is 120 Å². The monoisotopic (exact) mass is 296 g/mol. The van der Waals surface area contributed by atoms with Gasteiger partial charge in [0.25, 0.3) is 5.91 Å². The molecule has 0 aliphatic carbocycles. The van der Waals surface area contributed by atoms with Crippen LogP contribution in [0.5, 0.6) is 0 Å². The Bertz CT molecular complexity index is 607. The lowest BCUT2D eigenvalue weighted by molar-refractivity contribution is 0.0908. The van der Waals surface area contributed by atoms with Crippen LogP contribution in [-0.2, 0) is 7.05 Å². The maximum Gasteiger partial charge on any atom is 0.255 e. The number of rotatable bonds is 4. The van der Waals surface area contributed by atoms with E-state index < -0.39 is 17.8 Å². The summed E-state index contributed by atoms with van der Waals surface area (Å²) in [6.45, 7) is -0.0264. The van der Waals surface area contributed by atoms with Gasteiger partial charge in [0.05, 0.1) is 10.6 Å². The van der Waals surface area contributed by atoms with E-state index in [1.165, 1.54) is 12.1 Å². The Kier molecular flexibility index (Phi) is 4.42. The predicted octanol–water partition coefficient (Wildman–Crippen LogP) is 2.28. The summed E-state index contributed by atoms with van der Waals surface area (Å²) in [4.78, 5) is 11.9. The summed E-state index contributed by atoms with van der Waals surface area (Å²) in [6, 6.07) is 7.55. The van der Waals surface area contributed by atoms with E-state index in [2.05, 4.69) is 5.32 Å². The third-order valence-electron chi connectivity index (χ3n) is 2.97. The third-order valence-corrected chi connectivity index (χ3v) is 3.29. The number of nitrogens with one attached hydrogen (secondary N) is 1. The number of hydrogen-bond donors (Lipinski definition) is 2. The molecule has 1 atom stereocenters. The molecule has 1 aromatic carbocycles. The Balaban J connectivity index is 2.04. The van der Waals surface area contributed by atoms with Crippen molar-refractivity contribution in [2.75, 3.05) is 6.54 Å². The van der Waals surface area contributed by atoms with E-state index in [4.69, 9.17) is 11.6 Å².